The van der Waals surface area contributed by atoms with Crippen LogP contribution in [0.1, 0.15) is 35.1 Å². The van der Waals surface area contributed by atoms with E-state index >= 15 is 0 Å². The quantitative estimate of drug-likeness (QED) is 0.773. The summed E-state index contributed by atoms with van der Waals surface area (Å²) in [5.74, 6) is 1.05. The SMILES string of the molecule is COc1c(C)c(C)cc(C)c1CCNCC1(N)CC1. The first-order valence-corrected chi connectivity index (χ1v) is 7.10. The number of hydrogen-bond donors (Lipinski definition) is 2. The Bertz CT molecular complexity index is 464. The van der Waals surface area contributed by atoms with Crippen molar-refractivity contribution in [2.24, 2.45) is 5.73 Å². The van der Waals surface area contributed by atoms with Crippen LogP contribution in [0.5, 0.6) is 5.75 Å². The molecule has 1 saturated carbocycles. The summed E-state index contributed by atoms with van der Waals surface area (Å²) in [6.45, 7) is 8.31. The lowest BCUT2D eigenvalue weighted by Gasteiger charge is -2.17. The summed E-state index contributed by atoms with van der Waals surface area (Å²) in [7, 11) is 1.76. The van der Waals surface area contributed by atoms with Crippen molar-refractivity contribution in [3.8, 4) is 5.75 Å². The number of benzene rings is 1. The highest BCUT2D eigenvalue weighted by molar-refractivity contribution is 5.49. The minimum Gasteiger partial charge on any atom is -0.496 e. The molecule has 1 aliphatic carbocycles. The van der Waals surface area contributed by atoms with Crippen LogP contribution in [0.15, 0.2) is 6.07 Å². The van der Waals surface area contributed by atoms with E-state index in [4.69, 9.17) is 10.5 Å². The lowest BCUT2D eigenvalue weighted by molar-refractivity contribution is 0.405. The Hall–Kier alpha value is -1.06. The van der Waals surface area contributed by atoms with Crippen LogP contribution in [0, 0.1) is 20.8 Å². The molecule has 1 aromatic carbocycles. The Labute approximate surface area is 116 Å². The summed E-state index contributed by atoms with van der Waals surface area (Å²) in [5.41, 5.74) is 11.3. The van der Waals surface area contributed by atoms with E-state index in [-0.39, 0.29) is 5.54 Å². The van der Waals surface area contributed by atoms with Crippen LogP contribution in [-0.2, 0) is 6.42 Å². The smallest absolute Gasteiger partial charge is 0.125 e. The predicted octanol–water partition coefficient (Wildman–Crippen LogP) is 2.24. The van der Waals surface area contributed by atoms with Crippen molar-refractivity contribution in [1.29, 1.82) is 0 Å². The molecular weight excluding hydrogens is 236 g/mol. The van der Waals surface area contributed by atoms with E-state index in [0.29, 0.717) is 0 Å². The first kappa shape index (κ1) is 14.4. The number of hydrogen-bond acceptors (Lipinski definition) is 3. The Morgan fingerprint density at radius 3 is 2.53 bits per heavy atom. The summed E-state index contributed by atoms with van der Waals surface area (Å²) < 4.78 is 5.60. The highest BCUT2D eigenvalue weighted by Crippen LogP contribution is 2.31. The van der Waals surface area contributed by atoms with Gasteiger partial charge in [-0.25, -0.2) is 0 Å². The van der Waals surface area contributed by atoms with Crippen LogP contribution >= 0.6 is 0 Å². The van der Waals surface area contributed by atoms with Gasteiger partial charge in [0, 0.05) is 12.1 Å². The van der Waals surface area contributed by atoms with E-state index in [1.54, 1.807) is 7.11 Å². The maximum atomic E-state index is 6.07. The van der Waals surface area contributed by atoms with E-state index in [1.807, 2.05) is 0 Å². The first-order valence-electron chi connectivity index (χ1n) is 7.10. The highest BCUT2D eigenvalue weighted by Gasteiger charge is 2.37. The molecule has 19 heavy (non-hydrogen) atoms. The largest absolute Gasteiger partial charge is 0.496 e. The average molecular weight is 262 g/mol. The second kappa shape index (κ2) is 5.51. The molecule has 0 unspecified atom stereocenters. The van der Waals surface area contributed by atoms with Gasteiger partial charge in [0.25, 0.3) is 0 Å². The van der Waals surface area contributed by atoms with Gasteiger partial charge in [-0.2, -0.15) is 0 Å². The summed E-state index contributed by atoms with van der Waals surface area (Å²) >= 11 is 0. The summed E-state index contributed by atoms with van der Waals surface area (Å²) in [5, 5.41) is 3.47. The monoisotopic (exact) mass is 262 g/mol. The van der Waals surface area contributed by atoms with Crippen molar-refractivity contribution >= 4 is 0 Å². The molecule has 3 N–H and O–H groups in total. The molecular formula is C16H26N2O. The van der Waals surface area contributed by atoms with Gasteiger partial charge in [-0.1, -0.05) is 6.07 Å². The fourth-order valence-electron chi connectivity index (χ4n) is 2.58. The lowest BCUT2D eigenvalue weighted by Crippen LogP contribution is -2.36. The van der Waals surface area contributed by atoms with Crippen LogP contribution in [0.3, 0.4) is 0 Å². The topological polar surface area (TPSA) is 47.3 Å². The molecule has 0 aliphatic heterocycles. The van der Waals surface area contributed by atoms with Crippen molar-refractivity contribution in [3.05, 3.63) is 28.3 Å². The van der Waals surface area contributed by atoms with Crippen LogP contribution in [-0.4, -0.2) is 25.7 Å². The van der Waals surface area contributed by atoms with E-state index < -0.39 is 0 Å². The van der Waals surface area contributed by atoms with Crippen LogP contribution < -0.4 is 15.8 Å². The molecule has 1 aliphatic rings. The maximum absolute atomic E-state index is 6.07. The Morgan fingerprint density at radius 2 is 1.95 bits per heavy atom. The van der Waals surface area contributed by atoms with E-state index in [2.05, 4.69) is 32.2 Å². The van der Waals surface area contributed by atoms with E-state index in [1.165, 1.54) is 22.3 Å². The van der Waals surface area contributed by atoms with E-state index in [9.17, 15) is 0 Å². The van der Waals surface area contributed by atoms with Crippen molar-refractivity contribution in [1.82, 2.24) is 5.32 Å². The Balaban J connectivity index is 2.00. The van der Waals surface area contributed by atoms with Gasteiger partial charge in [-0.05, 0) is 68.8 Å². The van der Waals surface area contributed by atoms with Gasteiger partial charge in [0.05, 0.1) is 7.11 Å². The molecule has 2 rings (SSSR count). The molecule has 0 amide bonds. The standard InChI is InChI=1S/C16H26N2O/c1-11-9-12(2)14(15(19-4)13(11)3)5-8-18-10-16(17)6-7-16/h9,18H,5-8,10,17H2,1-4H3. The fourth-order valence-corrected chi connectivity index (χ4v) is 2.58. The number of ether oxygens (including phenoxy) is 1. The van der Waals surface area contributed by atoms with Gasteiger partial charge in [-0.15, -0.1) is 0 Å². The average Bonchev–Trinajstić information content (AvgIpc) is 3.09. The highest BCUT2D eigenvalue weighted by atomic mass is 16.5. The summed E-state index contributed by atoms with van der Waals surface area (Å²) in [6, 6.07) is 2.25. The molecule has 0 spiro atoms. The second-order valence-electron chi connectivity index (χ2n) is 5.94. The zero-order chi connectivity index (χ0) is 14.0. The molecule has 106 valence electrons. The molecule has 1 fully saturated rings. The zero-order valence-electron chi connectivity index (χ0n) is 12.6. The van der Waals surface area contributed by atoms with Gasteiger partial charge in [0.1, 0.15) is 5.75 Å². The third kappa shape index (κ3) is 3.28. The molecule has 3 nitrogen and oxygen atoms in total. The van der Waals surface area contributed by atoms with Gasteiger partial charge in [0.15, 0.2) is 0 Å². The number of methoxy groups -OCH3 is 1. The number of nitrogens with two attached hydrogens (primary N) is 1. The summed E-state index contributed by atoms with van der Waals surface area (Å²) in [6.07, 6.45) is 3.31. The minimum absolute atomic E-state index is 0.0856. The van der Waals surface area contributed by atoms with Gasteiger partial charge in [0.2, 0.25) is 0 Å². The number of rotatable bonds is 6. The third-order valence-corrected chi connectivity index (χ3v) is 4.24. The second-order valence-corrected chi connectivity index (χ2v) is 5.94. The van der Waals surface area contributed by atoms with Gasteiger partial charge < -0.3 is 15.8 Å². The molecule has 3 heteroatoms. The fraction of sp³-hybridized carbons (Fsp3) is 0.625. The van der Waals surface area contributed by atoms with E-state index in [0.717, 1.165) is 38.1 Å². The number of aryl methyl sites for hydroxylation is 2. The lowest BCUT2D eigenvalue weighted by atomic mass is 9.97. The van der Waals surface area contributed by atoms with Crippen molar-refractivity contribution in [2.45, 2.75) is 45.6 Å². The Kier molecular flexibility index (Phi) is 4.16. The normalized spacial score (nSPS) is 16.5. The molecule has 0 radical (unpaired) electrons. The molecule has 0 heterocycles. The minimum atomic E-state index is 0.0856. The molecule has 0 atom stereocenters. The van der Waals surface area contributed by atoms with Crippen LogP contribution in [0.25, 0.3) is 0 Å². The number of nitrogens with one attached hydrogen (secondary N) is 1. The van der Waals surface area contributed by atoms with Crippen LogP contribution in [0.4, 0.5) is 0 Å². The maximum Gasteiger partial charge on any atom is 0.125 e. The first-order chi connectivity index (χ1) is 8.97. The molecule has 0 bridgehead atoms. The van der Waals surface area contributed by atoms with Crippen LogP contribution in [0.2, 0.25) is 0 Å². The summed E-state index contributed by atoms with van der Waals surface area (Å²) in [4.78, 5) is 0. The third-order valence-electron chi connectivity index (χ3n) is 4.24. The predicted molar refractivity (Wildman–Crippen MR) is 79.9 cm³/mol. The van der Waals surface area contributed by atoms with Gasteiger partial charge in [-0.3, -0.25) is 0 Å². The van der Waals surface area contributed by atoms with Crippen molar-refractivity contribution < 1.29 is 4.74 Å². The van der Waals surface area contributed by atoms with Gasteiger partial charge >= 0.3 is 0 Å². The van der Waals surface area contributed by atoms with Crippen molar-refractivity contribution in [2.75, 3.05) is 20.2 Å². The molecule has 0 aromatic heterocycles. The zero-order valence-corrected chi connectivity index (χ0v) is 12.6. The molecule has 0 saturated heterocycles. The molecule has 1 aromatic rings. The van der Waals surface area contributed by atoms with Crippen molar-refractivity contribution in [3.63, 3.8) is 0 Å². The Morgan fingerprint density at radius 1 is 1.26 bits per heavy atom.